The molecule has 2 N–H and O–H groups in total. The second-order valence-electron chi connectivity index (χ2n) is 19.7. The Bertz CT molecular complexity index is 3430. The molecule has 0 spiro atoms. The Morgan fingerprint density at radius 2 is 0.886 bits per heavy atom. The minimum atomic E-state index is -0.718. The monoisotopic (exact) mass is 1470 g/mol. The van der Waals surface area contributed by atoms with E-state index in [-0.39, 0.29) is 68.8 Å². The molecule has 6 aromatic carbocycles. The number of hydrogen-bond acceptors (Lipinski definition) is 17. The number of rotatable bonds is 15. The second-order valence-corrected chi connectivity index (χ2v) is 24.8. The van der Waals surface area contributed by atoms with E-state index in [4.69, 9.17) is 27.4 Å². The molecule has 5 aliphatic heterocycles. The van der Waals surface area contributed by atoms with E-state index in [1.807, 2.05) is 63.4 Å². The van der Waals surface area contributed by atoms with Gasteiger partial charge >= 0.3 is 17.9 Å². The fraction of sp³-hybridized carbons (Fsp3) is 0.262. The van der Waals surface area contributed by atoms with Crippen LogP contribution in [0.4, 0.5) is 22.7 Å². The Morgan fingerprint density at radius 3 is 1.26 bits per heavy atom. The number of allylic oxidation sites excluding steroid dienone is 1. The van der Waals surface area contributed by atoms with E-state index in [0.717, 1.165) is 50.3 Å². The van der Waals surface area contributed by atoms with Crippen molar-refractivity contribution in [1.82, 2.24) is 15.2 Å². The van der Waals surface area contributed by atoms with Gasteiger partial charge in [-0.1, -0.05) is 191 Å². The van der Waals surface area contributed by atoms with Crippen molar-refractivity contribution in [2.24, 2.45) is 0 Å². The Hall–Kier alpha value is -7.30. The zero-order valence-corrected chi connectivity index (χ0v) is 54.9. The largest absolute Gasteiger partial charge is 0.481 e. The van der Waals surface area contributed by atoms with Gasteiger partial charge in [0.2, 0.25) is 0 Å². The molecule has 23 heteroatoms. The summed E-state index contributed by atoms with van der Waals surface area (Å²) in [7, 11) is 0. The molecule has 88 heavy (non-hydrogen) atoms. The summed E-state index contributed by atoms with van der Waals surface area (Å²) in [4.78, 5) is 114. The molecule has 0 bridgehead atoms. The van der Waals surface area contributed by atoms with Gasteiger partial charge in [-0.3, -0.25) is 38.8 Å². The predicted molar refractivity (Wildman–Crippen MR) is 359 cm³/mol. The van der Waals surface area contributed by atoms with Crippen LogP contribution in [0.15, 0.2) is 163 Å². The van der Waals surface area contributed by atoms with E-state index in [2.05, 4.69) is 167 Å². The van der Waals surface area contributed by atoms with E-state index in [9.17, 15) is 43.2 Å². The summed E-state index contributed by atoms with van der Waals surface area (Å²) in [5.41, 5.74) is 13.4. The van der Waals surface area contributed by atoms with Gasteiger partial charge in [-0.05, 0) is 64.6 Å². The topological polar surface area (TPSA) is 229 Å². The van der Waals surface area contributed by atoms with E-state index < -0.39 is 53.4 Å². The number of aliphatic carboxylic acids is 1. The number of benzene rings is 6. The van der Waals surface area contributed by atoms with Crippen LogP contribution in [0, 0.1) is 0 Å². The van der Waals surface area contributed by atoms with Crippen molar-refractivity contribution in [1.29, 1.82) is 0 Å². The lowest BCUT2D eigenvalue weighted by Crippen LogP contribution is -2.32. The number of halogens is 2. The number of carboxylic acids is 1. The van der Waals surface area contributed by atoms with Crippen molar-refractivity contribution in [3.63, 3.8) is 0 Å². The van der Waals surface area contributed by atoms with E-state index in [0.29, 0.717) is 24.7 Å². The molecule has 0 radical (unpaired) electrons. The fourth-order valence-electron chi connectivity index (χ4n) is 9.68. The number of carbonyl (C=O) groups is 9. The smallest absolute Gasteiger partial charge is 0.334 e. The summed E-state index contributed by atoms with van der Waals surface area (Å²) in [6, 6.07) is 55.2. The SMILES string of the molecule is CC(SCCC(=O)ON1C(=O)CCC1=O)=C1c2ccccc2N(Cc2ccccc2)c2ccccc21.CSC(=S)C1c2ccccc2N(Cc2ccccc2)c2ccccc21.O=C(CCI)ON1C(=O)CCC1=O.O=C(O)CCI.O=C1CCC(=O)N1O. The van der Waals surface area contributed by atoms with Crippen LogP contribution in [0.25, 0.3) is 5.57 Å². The lowest BCUT2D eigenvalue weighted by atomic mass is 9.86. The summed E-state index contributed by atoms with van der Waals surface area (Å²) >= 11 is 13.0. The third-order valence-electron chi connectivity index (χ3n) is 13.8. The number of hydroxylamine groups is 6. The van der Waals surface area contributed by atoms with Crippen LogP contribution in [-0.4, -0.2) is 104 Å². The summed E-state index contributed by atoms with van der Waals surface area (Å²) in [6.07, 6.45) is 3.40. The fourth-order valence-corrected chi connectivity index (χ4v) is 12.3. The molecule has 3 fully saturated rings. The number of amides is 6. The van der Waals surface area contributed by atoms with Crippen LogP contribution in [-0.2, 0) is 65.9 Å². The van der Waals surface area contributed by atoms with Gasteiger partial charge in [0.15, 0.2) is 0 Å². The molecule has 0 aliphatic carbocycles. The first-order valence-electron chi connectivity index (χ1n) is 27.9. The Morgan fingerprint density at radius 1 is 0.523 bits per heavy atom. The molecule has 18 nitrogen and oxygen atoms in total. The Labute approximate surface area is 551 Å². The van der Waals surface area contributed by atoms with Crippen molar-refractivity contribution < 1.29 is 63.1 Å². The molecule has 11 rings (SSSR count). The van der Waals surface area contributed by atoms with Crippen molar-refractivity contribution in [2.45, 2.75) is 83.7 Å². The Kier molecular flexibility index (Phi) is 26.3. The average molecular weight is 1470 g/mol. The number of anilines is 4. The number of carboxylic acid groups (broad SMARTS) is 1. The molecule has 5 heterocycles. The first-order valence-corrected chi connectivity index (χ1v) is 33.6. The van der Waals surface area contributed by atoms with E-state index >= 15 is 0 Å². The normalized spacial score (nSPS) is 14.6. The summed E-state index contributed by atoms with van der Waals surface area (Å²) in [6.45, 7) is 3.68. The third-order valence-corrected chi connectivity index (χ3v) is 17.3. The molecule has 458 valence electrons. The lowest BCUT2D eigenvalue weighted by Gasteiger charge is -2.37. The minimum Gasteiger partial charge on any atom is -0.481 e. The summed E-state index contributed by atoms with van der Waals surface area (Å²) < 4.78 is 2.33. The van der Waals surface area contributed by atoms with E-state index in [1.165, 1.54) is 33.6 Å². The maximum Gasteiger partial charge on any atom is 0.334 e. The molecule has 3 saturated heterocycles. The van der Waals surface area contributed by atoms with Gasteiger partial charge in [0, 0.05) is 106 Å². The van der Waals surface area contributed by atoms with Crippen LogP contribution < -0.4 is 9.80 Å². The van der Waals surface area contributed by atoms with Gasteiger partial charge in [0.25, 0.3) is 35.4 Å². The first-order chi connectivity index (χ1) is 42.4. The second kappa shape index (κ2) is 33.9. The zero-order valence-electron chi connectivity index (χ0n) is 48.1. The molecule has 5 aliphatic rings. The minimum absolute atomic E-state index is 0.0895. The quantitative estimate of drug-likeness (QED) is 0.0320. The lowest BCUT2D eigenvalue weighted by molar-refractivity contribution is -0.197. The van der Waals surface area contributed by atoms with Crippen LogP contribution >= 0.6 is 80.9 Å². The number of nitrogens with zero attached hydrogens (tertiary/aromatic N) is 5. The average Bonchev–Trinajstić information content (AvgIpc) is 1.18. The number of imide groups is 3. The van der Waals surface area contributed by atoms with Crippen molar-refractivity contribution in [2.75, 3.05) is 30.7 Å². The van der Waals surface area contributed by atoms with E-state index in [1.54, 1.807) is 23.5 Å². The number of hydrogen-bond donors (Lipinski definition) is 2. The van der Waals surface area contributed by atoms with Gasteiger partial charge in [-0.2, -0.15) is 5.06 Å². The highest BCUT2D eigenvalue weighted by molar-refractivity contribution is 14.1. The molecular weight excluding hydrogens is 1410 g/mol. The predicted octanol–water partition coefficient (Wildman–Crippen LogP) is 12.8. The van der Waals surface area contributed by atoms with Gasteiger partial charge in [-0.15, -0.1) is 33.7 Å². The molecule has 6 aromatic rings. The number of fused-ring (bicyclic) bond motifs is 4. The van der Waals surface area contributed by atoms with Crippen LogP contribution in [0.2, 0.25) is 0 Å². The third kappa shape index (κ3) is 18.2. The number of alkyl halides is 2. The molecular formula is C65H63I2N5O13S3. The van der Waals surface area contributed by atoms with Gasteiger partial charge in [-0.25, -0.2) is 9.59 Å². The maximum absolute atomic E-state index is 12.3. The van der Waals surface area contributed by atoms with Gasteiger partial charge in [0.05, 0.1) is 29.4 Å². The van der Waals surface area contributed by atoms with Crippen LogP contribution in [0.1, 0.15) is 104 Å². The summed E-state index contributed by atoms with van der Waals surface area (Å²) in [5, 5.41) is 17.6. The maximum atomic E-state index is 12.3. The van der Waals surface area contributed by atoms with Gasteiger partial charge in [0.1, 0.15) is 0 Å². The number of thiocarbonyl (C=S) groups is 1. The molecule has 6 amide bonds. The first kappa shape index (κ1) is 68.2. The van der Waals surface area contributed by atoms with Crippen LogP contribution in [0.3, 0.4) is 0 Å². The van der Waals surface area contributed by atoms with Crippen molar-refractivity contribution >= 4 is 167 Å². The molecule has 0 aromatic heterocycles. The zero-order chi connectivity index (χ0) is 63.3. The van der Waals surface area contributed by atoms with Crippen molar-refractivity contribution in [3.8, 4) is 0 Å². The highest BCUT2D eigenvalue weighted by atomic mass is 127. The highest BCUT2D eigenvalue weighted by Gasteiger charge is 2.35. The number of carbonyl (C=O) groups excluding carboxylic acids is 8. The molecule has 0 saturated carbocycles. The highest BCUT2D eigenvalue weighted by Crippen LogP contribution is 2.49. The molecule has 0 atom stereocenters. The Balaban J connectivity index is 0.000000182. The van der Waals surface area contributed by atoms with Crippen LogP contribution in [0.5, 0.6) is 0 Å². The van der Waals surface area contributed by atoms with Gasteiger partial charge < -0.3 is 24.6 Å². The number of thioether (sulfide) groups is 2. The number of para-hydroxylation sites is 4. The summed E-state index contributed by atoms with van der Waals surface area (Å²) in [5.74, 6) is -4.01. The molecule has 0 unspecified atom stereocenters. The van der Waals surface area contributed by atoms with Crippen molar-refractivity contribution in [3.05, 3.63) is 196 Å². The standard InChI is InChI=1S/C29H26N2O4S.C22H19NS2.C7H8INO4.C4H5NO3.C3H5IO2/c1-20(36-18-17-28(34)35-31-26(32)15-16-27(31)33)29-22-11-5-7-13-24(22)30(19-21-9-3-2-4-10-21)25-14-8-6-12-23(25)29;1-25-22(24)21-17-11-5-7-13-19(17)23(15-16-9-3-2-4-10-16)20-14-8-6-12-18(20)21;8-4-3-7(12)13-9-5(10)1-2-6(9)11;6-3-1-2-4(7)5(3)8;4-2-1-3(5)6/h2-14H,15-19H2,1H3;2-14,21H,15H2,1H3;1-4H2;8H,1-2H2;1-2H2,(H,5,6).